The molecule has 27 heavy (non-hydrogen) atoms. The molecule has 0 atom stereocenters. The maximum Gasteiger partial charge on any atom is 0.337 e. The van der Waals surface area contributed by atoms with Gasteiger partial charge < -0.3 is 5.11 Å². The smallest absolute Gasteiger partial charge is 0.337 e. The van der Waals surface area contributed by atoms with Crippen molar-refractivity contribution in [3.63, 3.8) is 0 Å². The molecule has 1 amide bonds. The first-order chi connectivity index (χ1) is 13.0. The molecule has 0 aliphatic carbocycles. The van der Waals surface area contributed by atoms with Crippen molar-refractivity contribution in [3.05, 3.63) is 58.6 Å². The summed E-state index contributed by atoms with van der Waals surface area (Å²) in [5.41, 5.74) is 3.97. The minimum absolute atomic E-state index is 0.105. The van der Waals surface area contributed by atoms with Gasteiger partial charge in [0.15, 0.2) is 0 Å². The predicted molar refractivity (Wildman–Crippen MR) is 107 cm³/mol. The van der Waals surface area contributed by atoms with Crippen LogP contribution in [-0.4, -0.2) is 33.2 Å². The molecule has 0 saturated carbocycles. The van der Waals surface area contributed by atoms with E-state index in [1.165, 1.54) is 18.0 Å². The zero-order chi connectivity index (χ0) is 19.2. The third-order valence-corrected chi connectivity index (χ3v) is 5.22. The lowest BCUT2D eigenvalue weighted by Gasteiger charge is -1.99. The van der Waals surface area contributed by atoms with Gasteiger partial charge in [-0.15, -0.1) is 5.10 Å². The summed E-state index contributed by atoms with van der Waals surface area (Å²) in [4.78, 5) is 12.0. The highest BCUT2D eigenvalue weighted by Crippen LogP contribution is 2.19. The van der Waals surface area contributed by atoms with Crippen LogP contribution in [0.5, 0.6) is 5.75 Å². The summed E-state index contributed by atoms with van der Waals surface area (Å²) in [6.07, 6.45) is 1.40. The number of amides is 1. The molecule has 0 spiro atoms. The molecule has 0 saturated heterocycles. The van der Waals surface area contributed by atoms with Gasteiger partial charge in [-0.1, -0.05) is 28.1 Å². The Morgan fingerprint density at radius 1 is 1.33 bits per heavy atom. The van der Waals surface area contributed by atoms with Crippen LogP contribution in [0.2, 0.25) is 0 Å². The standard InChI is InChI=1S/C18H16BrN5O2S/c1-24-17(12-6-8-14(19)9-7-12)22-23-18(24)27-11-16(26)21-20-10-13-4-2-3-5-15(13)25/h2-10H,11H2,1H3,(H2,20,21,25,26)/p+1. The van der Waals surface area contributed by atoms with Gasteiger partial charge in [-0.05, 0) is 48.2 Å². The molecule has 9 heteroatoms. The zero-order valence-corrected chi connectivity index (χ0v) is 16.8. The van der Waals surface area contributed by atoms with E-state index in [4.69, 9.17) is 0 Å². The quantitative estimate of drug-likeness (QED) is 0.234. The van der Waals surface area contributed by atoms with Crippen LogP contribution < -0.4 is 9.99 Å². The van der Waals surface area contributed by atoms with E-state index in [2.05, 4.69) is 36.7 Å². The average Bonchev–Trinajstić information content (AvgIpc) is 3.03. The Morgan fingerprint density at radius 2 is 2.07 bits per heavy atom. The number of H-pyrrole nitrogens is 1. The number of phenols is 1. The molecule has 138 valence electrons. The predicted octanol–water partition coefficient (Wildman–Crippen LogP) is 2.61. The summed E-state index contributed by atoms with van der Waals surface area (Å²) < 4.78 is 2.90. The number of aromatic nitrogens is 3. The molecule has 3 N–H and O–H groups in total. The number of carbonyl (C=O) groups excluding carboxylic acids is 1. The molecule has 0 fully saturated rings. The second-order valence-electron chi connectivity index (χ2n) is 5.56. The Balaban J connectivity index is 1.56. The summed E-state index contributed by atoms with van der Waals surface area (Å²) in [6, 6.07) is 14.6. The molecule has 1 aromatic heterocycles. The van der Waals surface area contributed by atoms with E-state index >= 15 is 0 Å². The molecule has 0 bridgehead atoms. The van der Waals surface area contributed by atoms with Crippen LogP contribution in [0.25, 0.3) is 11.4 Å². The number of aromatic hydroxyl groups is 1. The SMILES string of the molecule is C[n+]1c(SCC(=O)N/N=C/c2ccccc2O)n[nH]c1-c1ccc(Br)cc1. The van der Waals surface area contributed by atoms with Crippen molar-refractivity contribution >= 4 is 39.8 Å². The molecule has 7 nitrogen and oxygen atoms in total. The molecule has 3 rings (SSSR count). The Kier molecular flexibility index (Phi) is 6.25. The van der Waals surface area contributed by atoms with Crippen LogP contribution in [0.4, 0.5) is 0 Å². The van der Waals surface area contributed by atoms with E-state index in [0.717, 1.165) is 15.9 Å². The number of hydrogen-bond acceptors (Lipinski definition) is 5. The van der Waals surface area contributed by atoms with Crippen LogP contribution in [0.3, 0.4) is 0 Å². The number of halogens is 1. The number of para-hydroxylation sites is 1. The largest absolute Gasteiger partial charge is 0.507 e. The number of aromatic amines is 1. The van der Waals surface area contributed by atoms with E-state index < -0.39 is 0 Å². The van der Waals surface area contributed by atoms with Gasteiger partial charge in [0.2, 0.25) is 0 Å². The van der Waals surface area contributed by atoms with Crippen molar-refractivity contribution < 1.29 is 14.5 Å². The fourth-order valence-electron chi connectivity index (χ4n) is 2.27. The number of phenolic OH excluding ortho intramolecular Hbond substituents is 1. The van der Waals surface area contributed by atoms with Crippen LogP contribution in [0, 0.1) is 0 Å². The maximum atomic E-state index is 12.0. The van der Waals surface area contributed by atoms with Crippen LogP contribution in [0.15, 0.2) is 63.3 Å². The highest BCUT2D eigenvalue weighted by atomic mass is 79.9. The summed E-state index contributed by atoms with van der Waals surface area (Å²) in [6.45, 7) is 0. The van der Waals surface area contributed by atoms with E-state index in [0.29, 0.717) is 10.7 Å². The van der Waals surface area contributed by atoms with Gasteiger partial charge in [0.1, 0.15) is 5.75 Å². The fourth-order valence-corrected chi connectivity index (χ4v) is 3.26. The maximum absolute atomic E-state index is 12.0. The first-order valence-corrected chi connectivity index (χ1v) is 9.75. The molecule has 0 unspecified atom stereocenters. The molecule has 3 aromatic rings. The molecule has 0 aliphatic heterocycles. The van der Waals surface area contributed by atoms with Gasteiger partial charge in [-0.3, -0.25) is 4.79 Å². The van der Waals surface area contributed by atoms with Gasteiger partial charge in [-0.25, -0.2) is 9.99 Å². The highest BCUT2D eigenvalue weighted by Gasteiger charge is 2.19. The first kappa shape index (κ1) is 19.1. The Morgan fingerprint density at radius 3 is 2.81 bits per heavy atom. The summed E-state index contributed by atoms with van der Waals surface area (Å²) in [7, 11) is 1.89. The molecule has 2 aromatic carbocycles. The van der Waals surface area contributed by atoms with Crippen LogP contribution in [0.1, 0.15) is 5.56 Å². The van der Waals surface area contributed by atoms with Crippen molar-refractivity contribution in [2.75, 3.05) is 5.75 Å². The molecule has 0 aliphatic rings. The van der Waals surface area contributed by atoms with Crippen molar-refractivity contribution in [2.24, 2.45) is 12.1 Å². The third-order valence-electron chi connectivity index (χ3n) is 3.66. The van der Waals surface area contributed by atoms with Crippen molar-refractivity contribution in [1.29, 1.82) is 0 Å². The molecular formula is C18H17BrN5O2S+. The van der Waals surface area contributed by atoms with E-state index in [9.17, 15) is 9.90 Å². The van der Waals surface area contributed by atoms with Gasteiger partial charge in [0, 0.05) is 10.0 Å². The average molecular weight is 447 g/mol. The Labute approximate surface area is 168 Å². The van der Waals surface area contributed by atoms with E-state index in [-0.39, 0.29) is 17.4 Å². The summed E-state index contributed by atoms with van der Waals surface area (Å²) >= 11 is 4.71. The number of benzene rings is 2. The Hall–Kier alpha value is -2.65. The number of hydrazone groups is 1. The Bertz CT molecular complexity index is 972. The number of thioether (sulfide) groups is 1. The van der Waals surface area contributed by atoms with E-state index in [1.54, 1.807) is 24.3 Å². The second kappa shape index (κ2) is 8.83. The number of rotatable bonds is 6. The van der Waals surface area contributed by atoms with Gasteiger partial charge in [0.05, 0.1) is 29.7 Å². The summed E-state index contributed by atoms with van der Waals surface area (Å²) in [5, 5.41) is 21.4. The lowest BCUT2D eigenvalue weighted by Crippen LogP contribution is -2.32. The highest BCUT2D eigenvalue weighted by molar-refractivity contribution is 9.10. The third kappa shape index (κ3) is 4.95. The van der Waals surface area contributed by atoms with Crippen LogP contribution in [-0.2, 0) is 11.8 Å². The van der Waals surface area contributed by atoms with Crippen molar-refractivity contribution in [3.8, 4) is 17.1 Å². The summed E-state index contributed by atoms with van der Waals surface area (Å²) in [5.74, 6) is 0.855. The molecular weight excluding hydrogens is 430 g/mol. The van der Waals surface area contributed by atoms with Crippen LogP contribution >= 0.6 is 27.7 Å². The van der Waals surface area contributed by atoms with E-state index in [1.807, 2.05) is 35.9 Å². The number of hydrogen-bond donors (Lipinski definition) is 3. The molecule has 1 heterocycles. The van der Waals surface area contributed by atoms with Crippen molar-refractivity contribution in [1.82, 2.24) is 15.6 Å². The first-order valence-electron chi connectivity index (χ1n) is 7.97. The fraction of sp³-hybridized carbons (Fsp3) is 0.111. The number of nitrogens with zero attached hydrogens (tertiary/aromatic N) is 3. The normalized spacial score (nSPS) is 11.0. The monoisotopic (exact) mass is 446 g/mol. The minimum atomic E-state index is -0.264. The molecule has 0 radical (unpaired) electrons. The second-order valence-corrected chi connectivity index (χ2v) is 7.42. The zero-order valence-electron chi connectivity index (χ0n) is 14.4. The lowest BCUT2D eigenvalue weighted by atomic mass is 10.2. The van der Waals surface area contributed by atoms with Gasteiger partial charge >= 0.3 is 5.16 Å². The number of carbonyl (C=O) groups is 1. The minimum Gasteiger partial charge on any atom is -0.507 e. The lowest BCUT2D eigenvalue weighted by molar-refractivity contribution is -0.698. The van der Waals surface area contributed by atoms with Crippen molar-refractivity contribution in [2.45, 2.75) is 5.16 Å². The van der Waals surface area contributed by atoms with Gasteiger partial charge in [-0.2, -0.15) is 5.10 Å². The topological polar surface area (TPSA) is 94.2 Å². The number of nitrogens with one attached hydrogen (secondary N) is 2. The van der Waals surface area contributed by atoms with Gasteiger partial charge in [0.25, 0.3) is 11.7 Å².